The molecule has 1 aromatic carbocycles. The lowest BCUT2D eigenvalue weighted by Gasteiger charge is -2.28. The van der Waals surface area contributed by atoms with Gasteiger partial charge < -0.3 is 5.32 Å². The van der Waals surface area contributed by atoms with Gasteiger partial charge in [-0.05, 0) is 43.7 Å². The molecule has 1 saturated carbocycles. The van der Waals surface area contributed by atoms with E-state index in [2.05, 4.69) is 34.9 Å². The van der Waals surface area contributed by atoms with Crippen molar-refractivity contribution in [3.05, 3.63) is 48.3 Å². The minimum atomic E-state index is 0.651. The Balaban J connectivity index is 1.55. The van der Waals surface area contributed by atoms with Gasteiger partial charge in [0.1, 0.15) is 0 Å². The number of benzene rings is 1. The summed E-state index contributed by atoms with van der Waals surface area (Å²) >= 11 is 2.01. The third-order valence-corrected chi connectivity index (χ3v) is 5.29. The number of nitrogens with one attached hydrogen (secondary N) is 1. The molecule has 2 aromatic rings. The zero-order valence-electron chi connectivity index (χ0n) is 12.5. The quantitative estimate of drug-likeness (QED) is 0.914. The average molecular weight is 301 g/mol. The van der Waals surface area contributed by atoms with Gasteiger partial charge in [-0.15, -0.1) is 0 Å². The van der Waals surface area contributed by atoms with Crippen LogP contribution >= 0.6 is 11.8 Å². The summed E-state index contributed by atoms with van der Waals surface area (Å²) in [6.45, 7) is 0.867. The number of hydrogen-bond acceptors (Lipinski definition) is 3. The second-order valence-corrected chi connectivity index (χ2v) is 6.83. The first-order chi connectivity index (χ1) is 10.3. The topological polar surface area (TPSA) is 29.9 Å². The van der Waals surface area contributed by atoms with Crippen molar-refractivity contribution < 1.29 is 0 Å². The molecule has 2 unspecified atom stereocenters. The van der Waals surface area contributed by atoms with Crippen molar-refractivity contribution in [2.45, 2.75) is 43.5 Å². The van der Waals surface area contributed by atoms with Gasteiger partial charge in [-0.3, -0.25) is 0 Å². The SMILES string of the molecule is CSC1CCCC(NCc2ccn(-c3ccccc3)n2)C1. The third kappa shape index (κ3) is 3.89. The normalized spacial score (nSPS) is 22.3. The van der Waals surface area contributed by atoms with Crippen molar-refractivity contribution in [3.8, 4) is 5.69 Å². The van der Waals surface area contributed by atoms with E-state index < -0.39 is 0 Å². The van der Waals surface area contributed by atoms with Crippen molar-refractivity contribution in [3.63, 3.8) is 0 Å². The van der Waals surface area contributed by atoms with Gasteiger partial charge in [-0.2, -0.15) is 16.9 Å². The summed E-state index contributed by atoms with van der Waals surface area (Å²) in [6, 6.07) is 13.0. The van der Waals surface area contributed by atoms with E-state index in [0.29, 0.717) is 6.04 Å². The molecule has 21 heavy (non-hydrogen) atoms. The fraction of sp³-hybridized carbons (Fsp3) is 0.471. The molecule has 4 heteroatoms. The fourth-order valence-electron chi connectivity index (χ4n) is 2.97. The molecule has 0 bridgehead atoms. The maximum absolute atomic E-state index is 4.65. The maximum atomic E-state index is 4.65. The molecule has 0 saturated heterocycles. The molecule has 0 spiro atoms. The summed E-state index contributed by atoms with van der Waals surface area (Å²) in [5.41, 5.74) is 2.23. The van der Waals surface area contributed by atoms with Gasteiger partial charge in [0.25, 0.3) is 0 Å². The standard InChI is InChI=1S/C17H23N3S/c1-21-17-9-5-6-14(12-17)18-13-15-10-11-20(19-15)16-7-3-2-4-8-16/h2-4,7-8,10-11,14,17-18H,5-6,9,12-13H2,1H3. The Kier molecular flexibility index (Phi) is 4.99. The largest absolute Gasteiger partial charge is 0.308 e. The van der Waals surface area contributed by atoms with Crippen LogP contribution in [-0.2, 0) is 6.54 Å². The van der Waals surface area contributed by atoms with Gasteiger partial charge in [0.15, 0.2) is 0 Å². The highest BCUT2D eigenvalue weighted by atomic mass is 32.2. The van der Waals surface area contributed by atoms with Crippen molar-refractivity contribution in [1.29, 1.82) is 0 Å². The Hall–Kier alpha value is -1.26. The lowest BCUT2D eigenvalue weighted by atomic mass is 9.95. The van der Waals surface area contributed by atoms with Gasteiger partial charge in [0.2, 0.25) is 0 Å². The Bertz CT molecular complexity index is 552. The zero-order chi connectivity index (χ0) is 14.5. The highest BCUT2D eigenvalue weighted by Crippen LogP contribution is 2.27. The van der Waals surface area contributed by atoms with Gasteiger partial charge in [-0.25, -0.2) is 4.68 Å². The van der Waals surface area contributed by atoms with Gasteiger partial charge >= 0.3 is 0 Å². The van der Waals surface area contributed by atoms with Crippen LogP contribution < -0.4 is 5.32 Å². The van der Waals surface area contributed by atoms with Crippen molar-refractivity contribution in [2.24, 2.45) is 0 Å². The van der Waals surface area contributed by atoms with Crippen LogP contribution in [0.2, 0.25) is 0 Å². The summed E-state index contributed by atoms with van der Waals surface area (Å²) in [6.07, 6.45) is 9.59. The molecule has 1 N–H and O–H groups in total. The Labute approximate surface area is 131 Å². The van der Waals surface area contributed by atoms with E-state index in [1.165, 1.54) is 25.7 Å². The van der Waals surface area contributed by atoms with Crippen LogP contribution in [-0.4, -0.2) is 27.3 Å². The lowest BCUT2D eigenvalue weighted by molar-refractivity contribution is 0.378. The second kappa shape index (κ2) is 7.14. The van der Waals surface area contributed by atoms with E-state index >= 15 is 0 Å². The number of nitrogens with zero attached hydrogens (tertiary/aromatic N) is 2. The Morgan fingerprint density at radius 3 is 2.90 bits per heavy atom. The molecular formula is C17H23N3S. The van der Waals surface area contributed by atoms with Gasteiger partial charge in [0.05, 0.1) is 11.4 Å². The fourth-order valence-corrected chi connectivity index (χ4v) is 3.80. The molecule has 3 rings (SSSR count). The van der Waals surface area contributed by atoms with Crippen molar-refractivity contribution in [2.75, 3.05) is 6.26 Å². The average Bonchev–Trinajstić information content (AvgIpc) is 3.03. The smallest absolute Gasteiger partial charge is 0.0766 e. The monoisotopic (exact) mass is 301 g/mol. The summed E-state index contributed by atoms with van der Waals surface area (Å²) in [4.78, 5) is 0. The molecule has 0 aliphatic heterocycles. The van der Waals surface area contributed by atoms with Gasteiger partial charge in [0, 0.05) is 24.0 Å². The molecule has 1 aliphatic rings. The van der Waals surface area contributed by atoms with Crippen LogP contribution in [0.4, 0.5) is 0 Å². The predicted octanol–water partition coefficient (Wildman–Crippen LogP) is 3.64. The first-order valence-electron chi connectivity index (χ1n) is 7.71. The number of hydrogen-bond donors (Lipinski definition) is 1. The summed E-state index contributed by atoms with van der Waals surface area (Å²) < 4.78 is 1.95. The second-order valence-electron chi connectivity index (χ2n) is 5.69. The molecule has 2 atom stereocenters. The summed E-state index contributed by atoms with van der Waals surface area (Å²) in [5.74, 6) is 0. The summed E-state index contributed by atoms with van der Waals surface area (Å²) in [5, 5.41) is 9.16. The van der Waals surface area contributed by atoms with Crippen molar-refractivity contribution in [1.82, 2.24) is 15.1 Å². The van der Waals surface area contributed by atoms with Crippen LogP contribution in [0.3, 0.4) is 0 Å². The van der Waals surface area contributed by atoms with E-state index in [0.717, 1.165) is 23.2 Å². The van der Waals surface area contributed by atoms with E-state index in [4.69, 9.17) is 0 Å². The first kappa shape index (κ1) is 14.7. The van der Waals surface area contributed by atoms with Crippen molar-refractivity contribution >= 4 is 11.8 Å². The van der Waals surface area contributed by atoms with Crippen LogP contribution in [0.5, 0.6) is 0 Å². The molecule has 1 aliphatic carbocycles. The first-order valence-corrected chi connectivity index (χ1v) is 9.00. The molecular weight excluding hydrogens is 278 g/mol. The highest BCUT2D eigenvalue weighted by Gasteiger charge is 2.20. The number of aromatic nitrogens is 2. The van der Waals surface area contributed by atoms with E-state index in [9.17, 15) is 0 Å². The predicted molar refractivity (Wildman–Crippen MR) is 90.0 cm³/mol. The van der Waals surface area contributed by atoms with E-state index in [1.54, 1.807) is 0 Å². The molecule has 112 valence electrons. The third-order valence-electron chi connectivity index (χ3n) is 4.20. The molecule has 1 aromatic heterocycles. The van der Waals surface area contributed by atoms with E-state index in [-0.39, 0.29) is 0 Å². The molecule has 3 nitrogen and oxygen atoms in total. The molecule has 0 amide bonds. The van der Waals surface area contributed by atoms with Crippen LogP contribution in [0, 0.1) is 0 Å². The minimum absolute atomic E-state index is 0.651. The Morgan fingerprint density at radius 1 is 1.24 bits per heavy atom. The molecule has 1 heterocycles. The molecule has 0 radical (unpaired) electrons. The zero-order valence-corrected chi connectivity index (χ0v) is 13.4. The van der Waals surface area contributed by atoms with Crippen LogP contribution in [0.1, 0.15) is 31.4 Å². The number of thioether (sulfide) groups is 1. The molecule has 1 fully saturated rings. The minimum Gasteiger partial charge on any atom is -0.308 e. The van der Waals surface area contributed by atoms with Crippen LogP contribution in [0.15, 0.2) is 42.6 Å². The lowest BCUT2D eigenvalue weighted by Crippen LogP contribution is -2.34. The van der Waals surface area contributed by atoms with Gasteiger partial charge in [-0.1, -0.05) is 24.6 Å². The number of para-hydroxylation sites is 1. The summed E-state index contributed by atoms with van der Waals surface area (Å²) in [7, 11) is 0. The maximum Gasteiger partial charge on any atom is 0.0766 e. The number of rotatable bonds is 5. The highest BCUT2D eigenvalue weighted by molar-refractivity contribution is 7.99. The van der Waals surface area contributed by atoms with E-state index in [1.807, 2.05) is 40.8 Å². The Morgan fingerprint density at radius 2 is 2.10 bits per heavy atom. The van der Waals surface area contributed by atoms with Crippen LogP contribution in [0.25, 0.3) is 5.69 Å².